The predicted octanol–water partition coefficient (Wildman–Crippen LogP) is 4.63. The lowest BCUT2D eigenvalue weighted by Gasteiger charge is -2.26. The molecule has 26 heavy (non-hydrogen) atoms. The van der Waals surface area contributed by atoms with Crippen molar-refractivity contribution in [2.45, 2.75) is 19.3 Å². The van der Waals surface area contributed by atoms with Crippen LogP contribution in [0.25, 0.3) is 5.57 Å². The molecule has 0 aliphatic carbocycles. The van der Waals surface area contributed by atoms with Gasteiger partial charge in [0, 0.05) is 24.0 Å². The molecule has 1 N–H and O–H groups in total. The molecule has 1 aliphatic rings. The highest BCUT2D eigenvalue weighted by Crippen LogP contribution is 2.24. The largest absolute Gasteiger partial charge is 0.508 e. The minimum Gasteiger partial charge on any atom is -0.508 e. The van der Waals surface area contributed by atoms with E-state index in [-0.39, 0.29) is 11.7 Å². The number of benzene rings is 2. The third-order valence-electron chi connectivity index (χ3n) is 4.40. The Morgan fingerprint density at radius 3 is 2.69 bits per heavy atom. The van der Waals surface area contributed by atoms with Crippen LogP contribution in [0, 0.1) is 0 Å². The number of phenolic OH excluding ortho intramolecular Hbond substituents is 1. The third kappa shape index (κ3) is 5.11. The lowest BCUT2D eigenvalue weighted by Crippen LogP contribution is -2.34. The predicted molar refractivity (Wildman–Crippen MR) is 106 cm³/mol. The summed E-state index contributed by atoms with van der Waals surface area (Å²) in [7, 11) is 0. The topological polar surface area (TPSA) is 49.8 Å². The van der Waals surface area contributed by atoms with E-state index in [1.807, 2.05) is 41.3 Å². The molecule has 1 heterocycles. The summed E-state index contributed by atoms with van der Waals surface area (Å²) in [5.41, 5.74) is 2.34. The van der Waals surface area contributed by atoms with E-state index in [0.717, 1.165) is 28.8 Å². The van der Waals surface area contributed by atoms with Crippen LogP contribution in [0.3, 0.4) is 0 Å². The molecule has 0 radical (unpaired) electrons. The van der Waals surface area contributed by atoms with Gasteiger partial charge in [-0.2, -0.15) is 0 Å². The van der Waals surface area contributed by atoms with Crippen LogP contribution >= 0.6 is 15.9 Å². The minimum absolute atomic E-state index is 0.170. The van der Waals surface area contributed by atoms with Gasteiger partial charge in [-0.15, -0.1) is 0 Å². The van der Waals surface area contributed by atoms with Crippen LogP contribution in [0.15, 0.2) is 59.1 Å². The highest BCUT2D eigenvalue weighted by Gasteiger charge is 2.17. The van der Waals surface area contributed by atoms with E-state index in [9.17, 15) is 9.90 Å². The number of aromatic hydroxyl groups is 1. The Balaban J connectivity index is 1.42. The quantitative estimate of drug-likeness (QED) is 0.699. The van der Waals surface area contributed by atoms with Crippen molar-refractivity contribution in [1.29, 1.82) is 0 Å². The van der Waals surface area contributed by atoms with Gasteiger partial charge in [-0.1, -0.05) is 40.2 Å². The van der Waals surface area contributed by atoms with Gasteiger partial charge in [0.1, 0.15) is 11.5 Å². The normalized spacial score (nSPS) is 14.0. The van der Waals surface area contributed by atoms with Crippen LogP contribution in [0.2, 0.25) is 0 Å². The van der Waals surface area contributed by atoms with Gasteiger partial charge in [0.05, 0.1) is 6.61 Å². The number of halogens is 1. The number of nitrogens with zero attached hydrogens (tertiary/aromatic N) is 1. The number of rotatable bonds is 6. The number of hydrogen-bond donors (Lipinski definition) is 1. The van der Waals surface area contributed by atoms with E-state index in [0.29, 0.717) is 26.0 Å². The summed E-state index contributed by atoms with van der Waals surface area (Å²) in [6.07, 6.45) is 4.14. The van der Waals surface area contributed by atoms with Crippen molar-refractivity contribution in [3.8, 4) is 11.5 Å². The van der Waals surface area contributed by atoms with Gasteiger partial charge in [0.15, 0.2) is 0 Å². The fourth-order valence-electron chi connectivity index (χ4n) is 2.96. The van der Waals surface area contributed by atoms with E-state index in [1.54, 1.807) is 12.1 Å². The van der Waals surface area contributed by atoms with Crippen molar-refractivity contribution in [2.75, 3.05) is 19.7 Å². The van der Waals surface area contributed by atoms with Crippen LogP contribution in [0.5, 0.6) is 11.5 Å². The first kappa shape index (κ1) is 18.5. The molecule has 5 heteroatoms. The minimum atomic E-state index is 0.170. The molecule has 0 saturated heterocycles. The lowest BCUT2D eigenvalue weighted by molar-refractivity contribution is -0.131. The molecule has 0 spiro atoms. The number of carbonyl (C=O) groups excluding carboxylic acids is 1. The maximum absolute atomic E-state index is 12.4. The summed E-state index contributed by atoms with van der Waals surface area (Å²) < 4.78 is 6.66. The molecule has 0 aromatic heterocycles. The summed E-state index contributed by atoms with van der Waals surface area (Å²) in [5, 5.41) is 9.37. The summed E-state index contributed by atoms with van der Waals surface area (Å²) in [6, 6.07) is 14.9. The molecule has 0 unspecified atom stereocenters. The van der Waals surface area contributed by atoms with Gasteiger partial charge in [-0.05, 0) is 54.3 Å². The second-order valence-electron chi connectivity index (χ2n) is 6.28. The molecule has 1 amide bonds. The van der Waals surface area contributed by atoms with Crippen molar-refractivity contribution < 1.29 is 14.6 Å². The van der Waals surface area contributed by atoms with Crippen molar-refractivity contribution in [3.05, 3.63) is 64.6 Å². The Hall–Kier alpha value is -2.27. The average Bonchev–Trinajstić information content (AvgIpc) is 2.66. The SMILES string of the molecule is O=C(CCCOc1cccc(Br)c1)N1CC=C(c2ccc(O)cc2)CC1. The van der Waals surface area contributed by atoms with E-state index < -0.39 is 0 Å². The fourth-order valence-corrected chi connectivity index (χ4v) is 3.34. The Morgan fingerprint density at radius 2 is 2.00 bits per heavy atom. The maximum Gasteiger partial charge on any atom is 0.222 e. The fraction of sp³-hybridized carbons (Fsp3) is 0.286. The first-order chi connectivity index (χ1) is 12.6. The van der Waals surface area contributed by atoms with E-state index in [1.165, 1.54) is 5.57 Å². The zero-order chi connectivity index (χ0) is 18.4. The Kier molecular flexibility index (Phi) is 6.34. The molecule has 1 aliphatic heterocycles. The van der Waals surface area contributed by atoms with E-state index in [4.69, 9.17) is 4.74 Å². The molecule has 2 aromatic carbocycles. The zero-order valence-electron chi connectivity index (χ0n) is 14.5. The average molecular weight is 416 g/mol. The number of hydrogen-bond acceptors (Lipinski definition) is 3. The van der Waals surface area contributed by atoms with Crippen LogP contribution in [0.1, 0.15) is 24.8 Å². The second kappa shape index (κ2) is 8.90. The molecule has 0 atom stereocenters. The molecule has 136 valence electrons. The molecule has 2 aromatic rings. The summed E-state index contributed by atoms with van der Waals surface area (Å²) in [4.78, 5) is 14.2. The van der Waals surface area contributed by atoms with Gasteiger partial charge in [-0.25, -0.2) is 0 Å². The third-order valence-corrected chi connectivity index (χ3v) is 4.89. The zero-order valence-corrected chi connectivity index (χ0v) is 16.1. The number of carbonyl (C=O) groups is 1. The smallest absolute Gasteiger partial charge is 0.222 e. The Bertz CT molecular complexity index is 786. The van der Waals surface area contributed by atoms with Gasteiger partial charge < -0.3 is 14.7 Å². The first-order valence-corrected chi connectivity index (χ1v) is 9.56. The lowest BCUT2D eigenvalue weighted by atomic mass is 9.99. The maximum atomic E-state index is 12.4. The van der Waals surface area contributed by atoms with Crippen molar-refractivity contribution in [1.82, 2.24) is 4.90 Å². The van der Waals surface area contributed by atoms with Crippen LogP contribution in [-0.2, 0) is 4.79 Å². The van der Waals surface area contributed by atoms with Gasteiger partial charge in [-0.3, -0.25) is 4.79 Å². The molecule has 0 saturated carbocycles. The van der Waals surface area contributed by atoms with Gasteiger partial charge in [0.2, 0.25) is 5.91 Å². The molecule has 3 rings (SSSR count). The number of ether oxygens (including phenoxy) is 1. The Morgan fingerprint density at radius 1 is 1.19 bits per heavy atom. The highest BCUT2D eigenvalue weighted by atomic mass is 79.9. The molecule has 0 fully saturated rings. The molecular weight excluding hydrogens is 394 g/mol. The van der Waals surface area contributed by atoms with Crippen molar-refractivity contribution >= 4 is 27.4 Å². The molecular formula is C21H22BrNO3. The summed E-state index contributed by atoms with van der Waals surface area (Å²) in [5.74, 6) is 1.25. The van der Waals surface area contributed by atoms with Crippen molar-refractivity contribution in [2.24, 2.45) is 0 Å². The van der Waals surface area contributed by atoms with Crippen LogP contribution < -0.4 is 4.74 Å². The highest BCUT2D eigenvalue weighted by molar-refractivity contribution is 9.10. The van der Waals surface area contributed by atoms with Crippen LogP contribution in [-0.4, -0.2) is 35.6 Å². The van der Waals surface area contributed by atoms with Crippen molar-refractivity contribution in [3.63, 3.8) is 0 Å². The van der Waals surface area contributed by atoms with Crippen LogP contribution in [0.4, 0.5) is 0 Å². The Labute approximate surface area is 162 Å². The summed E-state index contributed by atoms with van der Waals surface area (Å²) in [6.45, 7) is 1.91. The number of phenols is 1. The summed E-state index contributed by atoms with van der Waals surface area (Å²) >= 11 is 3.41. The number of amides is 1. The second-order valence-corrected chi connectivity index (χ2v) is 7.19. The van der Waals surface area contributed by atoms with E-state index in [2.05, 4.69) is 22.0 Å². The molecule has 4 nitrogen and oxygen atoms in total. The van der Waals surface area contributed by atoms with E-state index >= 15 is 0 Å². The standard InChI is InChI=1S/C21H22BrNO3/c22-18-3-1-4-20(15-18)26-14-2-5-21(25)23-12-10-17(11-13-23)16-6-8-19(24)9-7-16/h1,3-4,6-10,15,24H,2,5,11-14H2. The first-order valence-electron chi connectivity index (χ1n) is 8.76. The van der Waals surface area contributed by atoms with Gasteiger partial charge >= 0.3 is 0 Å². The molecule has 0 bridgehead atoms. The monoisotopic (exact) mass is 415 g/mol. The van der Waals surface area contributed by atoms with Gasteiger partial charge in [0.25, 0.3) is 0 Å².